The number of hydrogen-bond donors (Lipinski definition) is 1. The Balaban J connectivity index is 0.989. The summed E-state index contributed by atoms with van der Waals surface area (Å²) in [6.07, 6.45) is 2.57. The van der Waals surface area contributed by atoms with Gasteiger partial charge in [0.1, 0.15) is 11.6 Å². The molecule has 8 heteroatoms. The van der Waals surface area contributed by atoms with Gasteiger partial charge in [-0.3, -0.25) is 9.69 Å². The molecule has 2 aromatic carbocycles. The van der Waals surface area contributed by atoms with Crippen LogP contribution in [0.5, 0.6) is 17.2 Å². The van der Waals surface area contributed by atoms with Gasteiger partial charge in [-0.15, -0.1) is 0 Å². The van der Waals surface area contributed by atoms with Gasteiger partial charge >= 0.3 is 0 Å². The van der Waals surface area contributed by atoms with Crippen LogP contribution < -0.4 is 24.4 Å². The van der Waals surface area contributed by atoms with Crippen LogP contribution in [-0.4, -0.2) is 61.9 Å². The minimum atomic E-state index is -0.131. The maximum atomic E-state index is 12.3. The number of fused-ring (bicyclic) bond motifs is 1. The Morgan fingerprint density at radius 3 is 2.60 bits per heavy atom. The average molecular weight is 475 g/mol. The molecule has 0 bridgehead atoms. The van der Waals surface area contributed by atoms with Gasteiger partial charge in [-0.2, -0.15) is 0 Å². The Bertz CT molecular complexity index is 1120. The van der Waals surface area contributed by atoms with Crippen molar-refractivity contribution < 1.29 is 19.0 Å². The predicted octanol–water partition coefficient (Wildman–Crippen LogP) is 3.33. The molecule has 0 spiro atoms. The van der Waals surface area contributed by atoms with Crippen molar-refractivity contribution in [1.82, 2.24) is 15.2 Å². The van der Waals surface area contributed by atoms with Crippen LogP contribution in [0, 0.1) is 0 Å². The molecule has 3 aromatic rings. The van der Waals surface area contributed by atoms with Gasteiger partial charge in [-0.25, -0.2) is 4.98 Å². The van der Waals surface area contributed by atoms with Gasteiger partial charge in [0.05, 0.1) is 6.61 Å². The molecule has 3 heterocycles. The third-order valence-electron chi connectivity index (χ3n) is 6.19. The van der Waals surface area contributed by atoms with Crippen LogP contribution in [0.15, 0.2) is 66.9 Å². The molecule has 182 valence electrons. The van der Waals surface area contributed by atoms with Crippen LogP contribution in [0.1, 0.15) is 22.3 Å². The zero-order valence-corrected chi connectivity index (χ0v) is 19.7. The summed E-state index contributed by atoms with van der Waals surface area (Å²) >= 11 is 0. The van der Waals surface area contributed by atoms with Crippen molar-refractivity contribution in [2.75, 3.05) is 51.0 Å². The zero-order chi connectivity index (χ0) is 23.9. The standard InChI is InChI=1S/C27H30N4O4/c32-27(22-7-10-24-25(18-22)35-20-34-24)29-12-3-17-33-23-8-5-21(6-9-23)19-30-13-15-31(16-14-30)26-4-1-2-11-28-26/h1-2,4-11,18H,3,12-17,19-20H2,(H,29,32). The normalized spacial score (nSPS) is 15.1. The van der Waals surface area contributed by atoms with Crippen molar-refractivity contribution in [3.63, 3.8) is 0 Å². The largest absolute Gasteiger partial charge is 0.494 e. The van der Waals surface area contributed by atoms with E-state index in [1.165, 1.54) is 5.56 Å². The number of hydrogen-bond acceptors (Lipinski definition) is 7. The highest BCUT2D eigenvalue weighted by atomic mass is 16.7. The van der Waals surface area contributed by atoms with E-state index in [4.69, 9.17) is 14.2 Å². The molecule has 0 unspecified atom stereocenters. The number of benzene rings is 2. The number of rotatable bonds is 9. The second-order valence-electron chi connectivity index (χ2n) is 8.62. The molecule has 1 fully saturated rings. The SMILES string of the molecule is O=C(NCCCOc1ccc(CN2CCN(c3ccccn3)CC2)cc1)c1ccc2c(c1)OCO2. The van der Waals surface area contributed by atoms with Gasteiger partial charge < -0.3 is 24.4 Å². The Morgan fingerprint density at radius 2 is 1.80 bits per heavy atom. The molecular formula is C27H30N4O4. The maximum absolute atomic E-state index is 12.3. The van der Waals surface area contributed by atoms with Gasteiger partial charge in [0.2, 0.25) is 6.79 Å². The first-order valence-electron chi connectivity index (χ1n) is 12.0. The van der Waals surface area contributed by atoms with E-state index in [1.54, 1.807) is 18.2 Å². The number of ether oxygens (including phenoxy) is 3. The molecular weight excluding hydrogens is 444 g/mol. The number of nitrogens with one attached hydrogen (secondary N) is 1. The van der Waals surface area contributed by atoms with Crippen LogP contribution >= 0.6 is 0 Å². The molecule has 0 saturated carbocycles. The minimum Gasteiger partial charge on any atom is -0.494 e. The minimum absolute atomic E-state index is 0.131. The lowest BCUT2D eigenvalue weighted by Gasteiger charge is -2.35. The monoisotopic (exact) mass is 474 g/mol. The van der Waals surface area contributed by atoms with Crippen LogP contribution in [-0.2, 0) is 6.54 Å². The third-order valence-corrected chi connectivity index (χ3v) is 6.19. The lowest BCUT2D eigenvalue weighted by Crippen LogP contribution is -2.46. The van der Waals surface area contributed by atoms with Gasteiger partial charge in [0.25, 0.3) is 5.91 Å². The molecule has 1 N–H and O–H groups in total. The number of aromatic nitrogens is 1. The summed E-state index contributed by atoms with van der Waals surface area (Å²) in [5, 5.41) is 2.92. The molecule has 2 aliphatic rings. The summed E-state index contributed by atoms with van der Waals surface area (Å²) < 4.78 is 16.4. The molecule has 8 nitrogen and oxygen atoms in total. The van der Waals surface area contributed by atoms with Crippen LogP contribution in [0.25, 0.3) is 0 Å². The highest BCUT2D eigenvalue weighted by Gasteiger charge is 2.18. The van der Waals surface area contributed by atoms with Crippen molar-refractivity contribution in [3.8, 4) is 17.2 Å². The summed E-state index contributed by atoms with van der Waals surface area (Å²) in [5.41, 5.74) is 1.84. The number of nitrogens with zero attached hydrogens (tertiary/aromatic N) is 3. The number of carbonyl (C=O) groups excluding carboxylic acids is 1. The molecule has 1 aromatic heterocycles. The van der Waals surface area contributed by atoms with Crippen LogP contribution in [0.3, 0.4) is 0 Å². The molecule has 1 amide bonds. The number of carbonyl (C=O) groups is 1. The van der Waals surface area contributed by atoms with E-state index in [1.807, 2.05) is 30.5 Å². The summed E-state index contributed by atoms with van der Waals surface area (Å²) in [7, 11) is 0. The summed E-state index contributed by atoms with van der Waals surface area (Å²) in [5.74, 6) is 3.05. The van der Waals surface area contributed by atoms with Gasteiger partial charge in [0.15, 0.2) is 11.5 Å². The van der Waals surface area contributed by atoms with E-state index in [-0.39, 0.29) is 12.7 Å². The fraction of sp³-hybridized carbons (Fsp3) is 0.333. The second-order valence-corrected chi connectivity index (χ2v) is 8.62. The highest BCUT2D eigenvalue weighted by Crippen LogP contribution is 2.32. The fourth-order valence-electron chi connectivity index (χ4n) is 4.23. The van der Waals surface area contributed by atoms with E-state index in [2.05, 4.69) is 38.3 Å². The third kappa shape index (κ3) is 6.02. The second kappa shape index (κ2) is 11.1. The summed E-state index contributed by atoms with van der Waals surface area (Å²) in [4.78, 5) is 21.6. The van der Waals surface area contributed by atoms with E-state index in [0.29, 0.717) is 30.2 Å². The molecule has 0 atom stereocenters. The molecule has 5 rings (SSSR count). The Kier molecular flexibility index (Phi) is 7.29. The van der Waals surface area contributed by atoms with E-state index in [9.17, 15) is 4.79 Å². The highest BCUT2D eigenvalue weighted by molar-refractivity contribution is 5.94. The lowest BCUT2D eigenvalue weighted by atomic mass is 10.2. The number of piperazine rings is 1. The number of amides is 1. The smallest absolute Gasteiger partial charge is 0.251 e. The number of pyridine rings is 1. The maximum Gasteiger partial charge on any atom is 0.251 e. The molecule has 1 saturated heterocycles. The topological polar surface area (TPSA) is 76.2 Å². The van der Waals surface area contributed by atoms with Crippen molar-refractivity contribution in [2.45, 2.75) is 13.0 Å². The summed E-state index contributed by atoms with van der Waals surface area (Å²) in [6.45, 7) is 6.23. The van der Waals surface area contributed by atoms with E-state index in [0.717, 1.165) is 50.7 Å². The first kappa shape index (κ1) is 23.0. The predicted molar refractivity (Wildman–Crippen MR) is 133 cm³/mol. The average Bonchev–Trinajstić information content (AvgIpc) is 3.38. The Morgan fingerprint density at radius 1 is 0.971 bits per heavy atom. The zero-order valence-electron chi connectivity index (χ0n) is 19.7. The van der Waals surface area contributed by atoms with Gasteiger partial charge in [0, 0.05) is 51.0 Å². The Hall–Kier alpha value is -3.78. The molecule has 35 heavy (non-hydrogen) atoms. The Labute approximate surface area is 205 Å². The first-order valence-corrected chi connectivity index (χ1v) is 12.0. The van der Waals surface area contributed by atoms with E-state index >= 15 is 0 Å². The van der Waals surface area contributed by atoms with Crippen molar-refractivity contribution in [3.05, 3.63) is 78.0 Å². The van der Waals surface area contributed by atoms with Crippen molar-refractivity contribution in [2.24, 2.45) is 0 Å². The molecule has 2 aliphatic heterocycles. The van der Waals surface area contributed by atoms with Gasteiger partial charge in [-0.05, 0) is 54.4 Å². The first-order chi connectivity index (χ1) is 17.2. The lowest BCUT2D eigenvalue weighted by molar-refractivity contribution is 0.0951. The molecule has 0 aliphatic carbocycles. The van der Waals surface area contributed by atoms with Crippen molar-refractivity contribution >= 4 is 11.7 Å². The molecule has 0 radical (unpaired) electrons. The van der Waals surface area contributed by atoms with Crippen LogP contribution in [0.2, 0.25) is 0 Å². The van der Waals surface area contributed by atoms with Crippen LogP contribution in [0.4, 0.5) is 5.82 Å². The van der Waals surface area contributed by atoms with Crippen molar-refractivity contribution in [1.29, 1.82) is 0 Å². The fourth-order valence-corrected chi connectivity index (χ4v) is 4.23. The van der Waals surface area contributed by atoms with Gasteiger partial charge in [-0.1, -0.05) is 18.2 Å². The quantitative estimate of drug-likeness (QED) is 0.477. The summed E-state index contributed by atoms with van der Waals surface area (Å²) in [6, 6.07) is 19.5. The van der Waals surface area contributed by atoms with E-state index < -0.39 is 0 Å². The number of anilines is 1.